The topological polar surface area (TPSA) is 48.6 Å². The molecule has 1 aliphatic rings. The fourth-order valence-corrected chi connectivity index (χ4v) is 3.60. The number of aromatic nitrogens is 2. The summed E-state index contributed by atoms with van der Waals surface area (Å²) in [6.45, 7) is 0. The Hall–Kier alpha value is -0.940. The van der Waals surface area contributed by atoms with Crippen LogP contribution in [0.2, 0.25) is 0 Å². The zero-order valence-corrected chi connectivity index (χ0v) is 9.69. The lowest BCUT2D eigenvalue weighted by molar-refractivity contribution is 0.699. The van der Waals surface area contributed by atoms with Gasteiger partial charge in [-0.15, -0.1) is 11.3 Å². The molecule has 3 nitrogen and oxygen atoms in total. The van der Waals surface area contributed by atoms with E-state index in [1.54, 1.807) is 11.3 Å². The number of fused-ring (bicyclic) bond motifs is 3. The smallest absolute Gasteiger partial charge is 0.269 e. The molecule has 3 rings (SSSR count). The Labute approximate surface area is 95.2 Å². The van der Waals surface area contributed by atoms with E-state index in [0.29, 0.717) is 4.77 Å². The molecule has 5 heteroatoms. The predicted molar refractivity (Wildman–Crippen MR) is 64.3 cm³/mol. The van der Waals surface area contributed by atoms with Gasteiger partial charge in [0.2, 0.25) is 0 Å². The van der Waals surface area contributed by atoms with Gasteiger partial charge >= 0.3 is 0 Å². The van der Waals surface area contributed by atoms with Crippen molar-refractivity contribution in [1.29, 1.82) is 0 Å². The molecule has 2 N–H and O–H groups in total. The van der Waals surface area contributed by atoms with Crippen molar-refractivity contribution in [3.63, 3.8) is 0 Å². The lowest BCUT2D eigenvalue weighted by atomic mass is 9.98. The van der Waals surface area contributed by atoms with Crippen LogP contribution in [-0.2, 0) is 12.8 Å². The average Bonchev–Trinajstić information content (AvgIpc) is 2.57. The SMILES string of the molecule is O=c1[nH]c(=S)[nH]c2c3c(sc12)CCCC3. The third-order valence-corrected chi connectivity index (χ3v) is 4.34. The molecule has 0 aromatic carbocycles. The molecule has 0 atom stereocenters. The van der Waals surface area contributed by atoms with Gasteiger partial charge in [-0.1, -0.05) is 0 Å². The standard InChI is InChI=1S/C10H10N2OS2/c13-9-8-7(11-10(14)12-9)5-3-1-2-4-6(5)15-8/h1-4H2,(H2,11,12,13,14). The van der Waals surface area contributed by atoms with Gasteiger partial charge in [0, 0.05) is 4.88 Å². The van der Waals surface area contributed by atoms with Gasteiger partial charge in [-0.25, -0.2) is 0 Å². The molecule has 2 aromatic rings. The Bertz CT molecular complexity index is 635. The minimum Gasteiger partial charge on any atom is -0.331 e. The van der Waals surface area contributed by atoms with E-state index in [1.165, 1.54) is 23.3 Å². The fourth-order valence-electron chi connectivity index (χ4n) is 2.16. The molecule has 0 radical (unpaired) electrons. The molecule has 0 aliphatic heterocycles. The second-order valence-corrected chi connectivity index (χ2v) is 5.34. The first-order chi connectivity index (χ1) is 7.25. The van der Waals surface area contributed by atoms with Crippen LogP contribution in [0.5, 0.6) is 0 Å². The number of hydrogen-bond acceptors (Lipinski definition) is 3. The van der Waals surface area contributed by atoms with Crippen LogP contribution < -0.4 is 5.56 Å². The lowest BCUT2D eigenvalue weighted by Crippen LogP contribution is -2.06. The second kappa shape index (κ2) is 3.28. The van der Waals surface area contributed by atoms with E-state index in [9.17, 15) is 4.79 Å². The first-order valence-electron chi connectivity index (χ1n) is 5.02. The molecule has 0 spiro atoms. The Morgan fingerprint density at radius 3 is 2.87 bits per heavy atom. The molecule has 0 bridgehead atoms. The number of H-pyrrole nitrogens is 2. The minimum absolute atomic E-state index is 0.0480. The number of nitrogens with one attached hydrogen (secondary N) is 2. The van der Waals surface area contributed by atoms with Crippen LogP contribution in [-0.4, -0.2) is 9.97 Å². The van der Waals surface area contributed by atoms with E-state index >= 15 is 0 Å². The summed E-state index contributed by atoms with van der Waals surface area (Å²) in [5.41, 5.74) is 2.25. The highest BCUT2D eigenvalue weighted by Crippen LogP contribution is 2.33. The van der Waals surface area contributed by atoms with E-state index in [2.05, 4.69) is 9.97 Å². The monoisotopic (exact) mass is 238 g/mol. The number of aryl methyl sites for hydroxylation is 2. The van der Waals surface area contributed by atoms with Crippen molar-refractivity contribution in [3.8, 4) is 0 Å². The van der Waals surface area contributed by atoms with Crippen LogP contribution in [0.4, 0.5) is 0 Å². The van der Waals surface area contributed by atoms with Gasteiger partial charge in [0.15, 0.2) is 4.77 Å². The molecule has 0 saturated carbocycles. The van der Waals surface area contributed by atoms with E-state index in [-0.39, 0.29) is 5.56 Å². The molecule has 0 amide bonds. The van der Waals surface area contributed by atoms with Gasteiger partial charge in [0.1, 0.15) is 4.70 Å². The Morgan fingerprint density at radius 1 is 1.20 bits per heavy atom. The second-order valence-electron chi connectivity index (χ2n) is 3.82. The van der Waals surface area contributed by atoms with Crippen molar-refractivity contribution >= 4 is 33.8 Å². The Kier molecular flexibility index (Phi) is 2.03. The van der Waals surface area contributed by atoms with Crippen LogP contribution in [0, 0.1) is 4.77 Å². The van der Waals surface area contributed by atoms with Gasteiger partial charge in [-0.2, -0.15) is 0 Å². The molecule has 15 heavy (non-hydrogen) atoms. The zero-order valence-electron chi connectivity index (χ0n) is 8.05. The fraction of sp³-hybridized carbons (Fsp3) is 0.400. The maximum atomic E-state index is 11.7. The molecule has 2 heterocycles. The molecule has 0 saturated heterocycles. The van der Waals surface area contributed by atoms with Gasteiger partial charge in [0.25, 0.3) is 5.56 Å². The van der Waals surface area contributed by atoms with Crippen LogP contribution >= 0.6 is 23.6 Å². The van der Waals surface area contributed by atoms with Crippen molar-refractivity contribution in [2.45, 2.75) is 25.7 Å². The largest absolute Gasteiger partial charge is 0.331 e. The summed E-state index contributed by atoms with van der Waals surface area (Å²) in [5.74, 6) is 0. The molecule has 78 valence electrons. The Morgan fingerprint density at radius 2 is 2.00 bits per heavy atom. The maximum absolute atomic E-state index is 11.7. The quantitative estimate of drug-likeness (QED) is 0.693. The zero-order chi connectivity index (χ0) is 10.4. The van der Waals surface area contributed by atoms with Crippen LogP contribution in [0.3, 0.4) is 0 Å². The van der Waals surface area contributed by atoms with E-state index in [1.807, 2.05) is 0 Å². The van der Waals surface area contributed by atoms with Crippen molar-refractivity contribution in [1.82, 2.24) is 9.97 Å². The highest BCUT2D eigenvalue weighted by Gasteiger charge is 2.17. The summed E-state index contributed by atoms with van der Waals surface area (Å²) in [6.07, 6.45) is 4.63. The molecule has 2 aromatic heterocycles. The molecular formula is C10H10N2OS2. The predicted octanol–water partition coefficient (Wildman–Crippen LogP) is 2.53. The highest BCUT2D eigenvalue weighted by atomic mass is 32.1. The molecule has 0 fully saturated rings. The summed E-state index contributed by atoms with van der Waals surface area (Å²) in [4.78, 5) is 18.8. The van der Waals surface area contributed by atoms with E-state index < -0.39 is 0 Å². The first kappa shape index (κ1) is 9.30. The normalized spacial score (nSPS) is 15.5. The van der Waals surface area contributed by atoms with Crippen molar-refractivity contribution < 1.29 is 0 Å². The van der Waals surface area contributed by atoms with Gasteiger partial charge in [-0.3, -0.25) is 9.78 Å². The van der Waals surface area contributed by atoms with Crippen molar-refractivity contribution in [2.24, 2.45) is 0 Å². The van der Waals surface area contributed by atoms with E-state index in [0.717, 1.165) is 23.1 Å². The number of hydrogen-bond donors (Lipinski definition) is 2. The Balaban J connectivity index is 2.47. The van der Waals surface area contributed by atoms with Gasteiger partial charge in [0.05, 0.1) is 5.52 Å². The average molecular weight is 238 g/mol. The summed E-state index contributed by atoms with van der Waals surface area (Å²) >= 11 is 6.61. The third-order valence-electron chi connectivity index (χ3n) is 2.84. The maximum Gasteiger partial charge on any atom is 0.269 e. The summed E-state index contributed by atoms with van der Waals surface area (Å²) in [5, 5.41) is 0. The third kappa shape index (κ3) is 1.38. The van der Waals surface area contributed by atoms with Gasteiger partial charge < -0.3 is 4.98 Å². The molecule has 1 aliphatic carbocycles. The number of thiophene rings is 1. The van der Waals surface area contributed by atoms with Crippen molar-refractivity contribution in [2.75, 3.05) is 0 Å². The van der Waals surface area contributed by atoms with Crippen LogP contribution in [0.25, 0.3) is 10.2 Å². The summed E-state index contributed by atoms with van der Waals surface area (Å²) < 4.78 is 1.23. The number of rotatable bonds is 0. The summed E-state index contributed by atoms with van der Waals surface area (Å²) in [7, 11) is 0. The minimum atomic E-state index is -0.0480. The van der Waals surface area contributed by atoms with E-state index in [4.69, 9.17) is 12.2 Å². The van der Waals surface area contributed by atoms with Crippen molar-refractivity contribution in [3.05, 3.63) is 25.6 Å². The lowest BCUT2D eigenvalue weighted by Gasteiger charge is -2.09. The van der Waals surface area contributed by atoms with Gasteiger partial charge in [-0.05, 0) is 43.5 Å². The molecular weight excluding hydrogens is 228 g/mol. The summed E-state index contributed by atoms with van der Waals surface area (Å²) in [6, 6.07) is 0. The molecule has 0 unspecified atom stereocenters. The first-order valence-corrected chi connectivity index (χ1v) is 6.25. The van der Waals surface area contributed by atoms with Crippen LogP contribution in [0.15, 0.2) is 4.79 Å². The van der Waals surface area contributed by atoms with Crippen LogP contribution in [0.1, 0.15) is 23.3 Å². The highest BCUT2D eigenvalue weighted by molar-refractivity contribution is 7.71. The number of aromatic amines is 2.